The number of rotatable bonds is 4. The Morgan fingerprint density at radius 1 is 1.17 bits per heavy atom. The summed E-state index contributed by atoms with van der Waals surface area (Å²) in [7, 11) is 2.12. The molecule has 2 bridgehead atoms. The summed E-state index contributed by atoms with van der Waals surface area (Å²) in [5, 5.41) is 11.5. The summed E-state index contributed by atoms with van der Waals surface area (Å²) >= 11 is 0. The Morgan fingerprint density at radius 3 is 2.46 bits per heavy atom. The number of hydrogen-bond donors (Lipinski definition) is 1. The molecule has 2 aliphatic heterocycles. The third-order valence-electron chi connectivity index (χ3n) is 6.56. The minimum atomic E-state index is -1.50. The molecule has 3 fully saturated rings. The molecule has 1 aromatic carbocycles. The summed E-state index contributed by atoms with van der Waals surface area (Å²) in [6.07, 6.45) is 7.04. The predicted octanol–water partition coefficient (Wildman–Crippen LogP) is 2.84. The first-order valence-corrected chi connectivity index (χ1v) is 9.31. The van der Waals surface area contributed by atoms with Gasteiger partial charge in [0.15, 0.2) is 5.60 Å². The Balaban J connectivity index is 1.58. The number of carbonyl (C=O) groups is 1. The standard InChI is InChI=1S/C20H27NO3/c1-21-16-11-12-17(21)18(13-16)24-19(22)20(23,15-9-5-6-10-15)14-7-3-2-4-8-14/h2-4,7-8,15-18,23H,5-6,9-13H2,1H3/t16?,17-,18-,20+/m1/s1. The van der Waals surface area contributed by atoms with Gasteiger partial charge in [-0.2, -0.15) is 0 Å². The minimum Gasteiger partial charge on any atom is -0.458 e. The molecule has 0 amide bonds. The quantitative estimate of drug-likeness (QED) is 0.863. The van der Waals surface area contributed by atoms with E-state index in [4.69, 9.17) is 4.74 Å². The van der Waals surface area contributed by atoms with Crippen molar-refractivity contribution in [2.24, 2.45) is 5.92 Å². The van der Waals surface area contributed by atoms with E-state index in [1.165, 1.54) is 6.42 Å². The van der Waals surface area contributed by atoms with Crippen molar-refractivity contribution in [2.45, 2.75) is 68.7 Å². The fourth-order valence-corrected chi connectivity index (χ4v) is 5.11. The van der Waals surface area contributed by atoms with Gasteiger partial charge in [-0.25, -0.2) is 4.79 Å². The molecule has 130 valence electrons. The van der Waals surface area contributed by atoms with Crippen molar-refractivity contribution in [1.82, 2.24) is 4.90 Å². The molecule has 1 saturated carbocycles. The highest BCUT2D eigenvalue weighted by Crippen LogP contribution is 2.43. The van der Waals surface area contributed by atoms with E-state index in [9.17, 15) is 9.90 Å². The molecular weight excluding hydrogens is 302 g/mol. The van der Waals surface area contributed by atoms with Gasteiger partial charge in [0.05, 0.1) is 0 Å². The van der Waals surface area contributed by atoms with Gasteiger partial charge in [0.1, 0.15) is 6.10 Å². The van der Waals surface area contributed by atoms with Gasteiger partial charge in [0, 0.05) is 24.4 Å². The zero-order valence-electron chi connectivity index (χ0n) is 14.4. The predicted molar refractivity (Wildman–Crippen MR) is 91.4 cm³/mol. The zero-order valence-corrected chi connectivity index (χ0v) is 14.4. The number of ether oxygens (including phenoxy) is 1. The Kier molecular flexibility index (Phi) is 4.13. The lowest BCUT2D eigenvalue weighted by molar-refractivity contribution is -0.180. The molecule has 1 unspecified atom stereocenters. The number of likely N-dealkylation sites (N-methyl/N-ethyl adjacent to an activating group) is 1. The SMILES string of the molecule is CN1C2CC[C@@H]1[C@H](OC(=O)[C@](O)(c1ccccc1)C1CCCC1)C2. The maximum atomic E-state index is 13.1. The maximum Gasteiger partial charge on any atom is 0.343 e. The fourth-order valence-electron chi connectivity index (χ4n) is 5.11. The average molecular weight is 329 g/mol. The Hall–Kier alpha value is -1.39. The van der Waals surface area contributed by atoms with E-state index >= 15 is 0 Å². The second-order valence-electron chi connectivity index (χ2n) is 7.76. The largest absolute Gasteiger partial charge is 0.458 e. The number of fused-ring (bicyclic) bond motifs is 2. The van der Waals surface area contributed by atoms with Gasteiger partial charge in [-0.05, 0) is 38.3 Å². The van der Waals surface area contributed by atoms with Crippen molar-refractivity contribution in [1.29, 1.82) is 0 Å². The highest BCUT2D eigenvalue weighted by Gasteiger charge is 2.52. The second kappa shape index (κ2) is 6.16. The second-order valence-corrected chi connectivity index (χ2v) is 7.76. The van der Waals surface area contributed by atoms with Gasteiger partial charge in [0.2, 0.25) is 0 Å². The van der Waals surface area contributed by atoms with E-state index in [-0.39, 0.29) is 12.0 Å². The van der Waals surface area contributed by atoms with Crippen LogP contribution >= 0.6 is 0 Å². The lowest BCUT2D eigenvalue weighted by Crippen LogP contribution is -2.46. The number of esters is 1. The van der Waals surface area contributed by atoms with Crippen molar-refractivity contribution in [3.63, 3.8) is 0 Å². The van der Waals surface area contributed by atoms with E-state index in [0.29, 0.717) is 17.6 Å². The molecule has 0 spiro atoms. The van der Waals surface area contributed by atoms with Crippen LogP contribution < -0.4 is 0 Å². The first-order valence-electron chi connectivity index (χ1n) is 9.31. The Morgan fingerprint density at radius 2 is 1.88 bits per heavy atom. The van der Waals surface area contributed by atoms with Crippen molar-refractivity contribution < 1.29 is 14.6 Å². The summed E-state index contributed by atoms with van der Waals surface area (Å²) in [6.45, 7) is 0. The maximum absolute atomic E-state index is 13.1. The average Bonchev–Trinajstić information content (AvgIpc) is 3.32. The van der Waals surface area contributed by atoms with E-state index in [1.807, 2.05) is 30.3 Å². The lowest BCUT2D eigenvalue weighted by atomic mass is 9.80. The summed E-state index contributed by atoms with van der Waals surface area (Å²) in [5.74, 6) is -0.477. The molecular formula is C20H27NO3. The molecule has 4 rings (SSSR count). The van der Waals surface area contributed by atoms with Gasteiger partial charge in [0.25, 0.3) is 0 Å². The molecule has 1 aliphatic carbocycles. The van der Waals surface area contributed by atoms with Crippen molar-refractivity contribution in [3.05, 3.63) is 35.9 Å². The van der Waals surface area contributed by atoms with Crippen LogP contribution in [0.5, 0.6) is 0 Å². The van der Waals surface area contributed by atoms with Gasteiger partial charge in [-0.1, -0.05) is 43.2 Å². The highest BCUT2D eigenvalue weighted by molar-refractivity contribution is 5.82. The molecule has 4 heteroatoms. The first kappa shape index (κ1) is 16.1. The van der Waals surface area contributed by atoms with Gasteiger partial charge in [-0.15, -0.1) is 0 Å². The van der Waals surface area contributed by atoms with E-state index in [0.717, 1.165) is 38.5 Å². The summed E-state index contributed by atoms with van der Waals surface area (Å²) < 4.78 is 5.92. The van der Waals surface area contributed by atoms with Crippen molar-refractivity contribution >= 4 is 5.97 Å². The van der Waals surface area contributed by atoms with Crippen molar-refractivity contribution in [2.75, 3.05) is 7.05 Å². The number of nitrogens with zero attached hydrogens (tertiary/aromatic N) is 1. The van der Waals surface area contributed by atoms with Crippen LogP contribution in [-0.2, 0) is 15.1 Å². The first-order chi connectivity index (χ1) is 11.6. The topological polar surface area (TPSA) is 49.8 Å². The van der Waals surface area contributed by atoms with Gasteiger partial charge < -0.3 is 9.84 Å². The molecule has 1 aromatic rings. The molecule has 3 aliphatic rings. The van der Waals surface area contributed by atoms with Crippen LogP contribution in [0.3, 0.4) is 0 Å². The smallest absolute Gasteiger partial charge is 0.343 e. The monoisotopic (exact) mass is 329 g/mol. The molecule has 2 saturated heterocycles. The summed E-state index contributed by atoms with van der Waals surface area (Å²) in [5.41, 5.74) is -0.823. The van der Waals surface area contributed by atoms with Crippen molar-refractivity contribution in [3.8, 4) is 0 Å². The van der Waals surface area contributed by atoms with E-state index in [2.05, 4.69) is 11.9 Å². The van der Waals surface area contributed by atoms with Crippen LogP contribution in [0.1, 0.15) is 50.5 Å². The Bertz CT molecular complexity index is 598. The van der Waals surface area contributed by atoms with E-state index < -0.39 is 11.6 Å². The number of carbonyl (C=O) groups excluding carboxylic acids is 1. The molecule has 2 heterocycles. The van der Waals surface area contributed by atoms with E-state index in [1.54, 1.807) is 0 Å². The lowest BCUT2D eigenvalue weighted by Gasteiger charge is -2.34. The fraction of sp³-hybridized carbons (Fsp3) is 0.650. The summed E-state index contributed by atoms with van der Waals surface area (Å²) in [4.78, 5) is 15.4. The highest BCUT2D eigenvalue weighted by atomic mass is 16.6. The molecule has 24 heavy (non-hydrogen) atoms. The third kappa shape index (κ3) is 2.47. The number of aliphatic hydroxyl groups is 1. The normalized spacial score (nSPS) is 32.8. The molecule has 4 nitrogen and oxygen atoms in total. The van der Waals surface area contributed by atoms with Crippen LogP contribution in [0.15, 0.2) is 30.3 Å². The van der Waals surface area contributed by atoms with Crippen LogP contribution in [0, 0.1) is 5.92 Å². The van der Waals surface area contributed by atoms with Crippen LogP contribution in [0.2, 0.25) is 0 Å². The van der Waals surface area contributed by atoms with Crippen LogP contribution in [0.4, 0.5) is 0 Å². The number of hydrogen-bond acceptors (Lipinski definition) is 4. The molecule has 0 aromatic heterocycles. The van der Waals surface area contributed by atoms with Crippen LogP contribution in [-0.4, -0.2) is 41.2 Å². The molecule has 1 N–H and O–H groups in total. The molecule has 0 radical (unpaired) electrons. The minimum absolute atomic E-state index is 0.0382. The molecule has 4 atom stereocenters. The third-order valence-corrected chi connectivity index (χ3v) is 6.56. The number of benzene rings is 1. The van der Waals surface area contributed by atoms with Gasteiger partial charge in [-0.3, -0.25) is 4.90 Å². The zero-order chi connectivity index (χ0) is 16.7. The van der Waals surface area contributed by atoms with Gasteiger partial charge >= 0.3 is 5.97 Å². The summed E-state index contributed by atoms with van der Waals surface area (Å²) in [6, 6.07) is 10.2. The van der Waals surface area contributed by atoms with Crippen LogP contribution in [0.25, 0.3) is 0 Å². The Labute approximate surface area is 143 Å².